The van der Waals surface area contributed by atoms with Crippen molar-refractivity contribution in [1.82, 2.24) is 15.2 Å². The number of thioether (sulfide) groups is 1. The van der Waals surface area contributed by atoms with E-state index in [1.54, 1.807) is 98.7 Å². The number of methoxy groups -OCH3 is 1. The van der Waals surface area contributed by atoms with Crippen molar-refractivity contribution in [3.8, 4) is 0 Å². The van der Waals surface area contributed by atoms with Crippen LogP contribution in [0.1, 0.15) is 68.3 Å². The summed E-state index contributed by atoms with van der Waals surface area (Å²) in [6.45, 7) is 5.96. The number of nitrogens with one attached hydrogen (secondary N) is 3. The highest BCUT2D eigenvalue weighted by atomic mass is 32.2. The van der Waals surface area contributed by atoms with Gasteiger partial charge < -0.3 is 30.3 Å². The smallest absolute Gasteiger partial charge is 0.410 e. The Kier molecular flexibility index (Phi) is 12.9. The van der Waals surface area contributed by atoms with Gasteiger partial charge in [0.1, 0.15) is 21.5 Å². The first-order valence-corrected chi connectivity index (χ1v) is 19.7. The molecule has 3 heterocycles. The van der Waals surface area contributed by atoms with Crippen LogP contribution in [0, 0.1) is 0 Å². The minimum atomic E-state index is -0.786. The van der Waals surface area contributed by atoms with Crippen molar-refractivity contribution in [2.24, 2.45) is 0 Å². The molecular weight excluding hydrogens is 763 g/mol. The summed E-state index contributed by atoms with van der Waals surface area (Å²) < 4.78 is 10.7. The monoisotopic (exact) mass is 803 g/mol. The Morgan fingerprint density at radius 1 is 0.912 bits per heavy atom. The summed E-state index contributed by atoms with van der Waals surface area (Å²) in [5, 5.41) is 8.15. The van der Waals surface area contributed by atoms with Gasteiger partial charge in [0, 0.05) is 40.0 Å². The fraction of sp³-hybridized carbons (Fsp3) is 0.209. The van der Waals surface area contributed by atoms with E-state index in [9.17, 15) is 24.0 Å². The summed E-state index contributed by atoms with van der Waals surface area (Å²) in [7, 11) is 1.29. The summed E-state index contributed by atoms with van der Waals surface area (Å²) in [6, 6.07) is 28.3. The first-order chi connectivity index (χ1) is 27.4. The number of carbonyl (C=O) groups is 5. The molecule has 1 aliphatic rings. The average molecular weight is 804 g/mol. The lowest BCUT2D eigenvalue weighted by molar-refractivity contribution is -0.116. The molecule has 12 nitrogen and oxygen atoms in total. The van der Waals surface area contributed by atoms with Gasteiger partial charge in [0.05, 0.1) is 19.2 Å². The first-order valence-electron chi connectivity index (χ1n) is 18.0. The number of anilines is 2. The summed E-state index contributed by atoms with van der Waals surface area (Å²) in [4.78, 5) is 74.2. The van der Waals surface area contributed by atoms with Crippen LogP contribution in [0.4, 0.5) is 15.5 Å². The van der Waals surface area contributed by atoms with E-state index < -0.39 is 40.6 Å². The predicted molar refractivity (Wildman–Crippen MR) is 221 cm³/mol. The van der Waals surface area contributed by atoms with Crippen molar-refractivity contribution in [3.05, 3.63) is 148 Å². The van der Waals surface area contributed by atoms with Crippen molar-refractivity contribution >= 4 is 69.6 Å². The number of nitrogens with zero attached hydrogens (tertiary/aromatic N) is 2. The lowest BCUT2D eigenvalue weighted by Gasteiger charge is -2.30. The first kappa shape index (κ1) is 40.4. The zero-order valence-corrected chi connectivity index (χ0v) is 33.4. The van der Waals surface area contributed by atoms with Crippen LogP contribution in [0.25, 0.3) is 6.08 Å². The van der Waals surface area contributed by atoms with Crippen LogP contribution in [-0.4, -0.2) is 58.9 Å². The molecule has 4 amide bonds. The number of esters is 1. The van der Waals surface area contributed by atoms with E-state index in [1.165, 1.54) is 36.3 Å². The predicted octanol–water partition coefficient (Wildman–Crippen LogP) is 8.10. The molecule has 14 heteroatoms. The van der Waals surface area contributed by atoms with E-state index >= 15 is 0 Å². The van der Waals surface area contributed by atoms with E-state index in [2.05, 4.69) is 20.9 Å². The highest BCUT2D eigenvalue weighted by molar-refractivity contribution is 8.00. The van der Waals surface area contributed by atoms with E-state index in [1.807, 2.05) is 36.4 Å². The molecule has 6 rings (SSSR count). The number of carbonyl (C=O) groups excluding carboxylic acids is 5. The maximum Gasteiger partial charge on any atom is 0.410 e. The number of benzene rings is 3. The van der Waals surface area contributed by atoms with Gasteiger partial charge in [-0.25, -0.2) is 9.59 Å². The Morgan fingerprint density at radius 2 is 1.65 bits per heavy atom. The molecule has 1 aliphatic heterocycles. The summed E-state index contributed by atoms with van der Waals surface area (Å²) >= 11 is 2.49. The van der Waals surface area contributed by atoms with Crippen molar-refractivity contribution in [2.45, 2.75) is 49.5 Å². The van der Waals surface area contributed by atoms with Crippen LogP contribution in [0.3, 0.4) is 0 Å². The molecule has 5 aromatic rings. The van der Waals surface area contributed by atoms with Gasteiger partial charge in [0.2, 0.25) is 5.91 Å². The third kappa shape index (κ3) is 10.5. The fourth-order valence-electron chi connectivity index (χ4n) is 5.92. The molecule has 2 aromatic heterocycles. The van der Waals surface area contributed by atoms with Gasteiger partial charge in [0.25, 0.3) is 11.8 Å². The van der Waals surface area contributed by atoms with Crippen LogP contribution < -0.4 is 16.0 Å². The average Bonchev–Trinajstić information content (AvgIpc) is 3.56. The van der Waals surface area contributed by atoms with Gasteiger partial charge in [-0.15, -0.1) is 23.1 Å². The molecule has 3 N–H and O–H groups in total. The normalized spacial score (nSPS) is 13.1. The van der Waals surface area contributed by atoms with Gasteiger partial charge in [-0.05, 0) is 86.4 Å². The van der Waals surface area contributed by atoms with Crippen molar-refractivity contribution in [2.75, 3.05) is 24.3 Å². The molecule has 0 aliphatic carbocycles. The molecule has 57 heavy (non-hydrogen) atoms. The molecule has 0 saturated heterocycles. The second kappa shape index (κ2) is 18.1. The molecule has 292 valence electrons. The lowest BCUT2D eigenvalue weighted by atomic mass is 10.0. The molecule has 1 unspecified atom stereocenters. The number of rotatable bonds is 11. The maximum absolute atomic E-state index is 14.3. The number of hydrogen-bond donors (Lipinski definition) is 3. The molecule has 1 atom stereocenters. The standard InChI is InChI=1S/C43H41N5O7S2/c1-43(2,3)55-42(53)48-22-20-32-34(26-48)57-40(35(32)41(52)54-4)47-39(51)36(28-14-7-5-8-15-28)56-31-19-11-18-30(24-31)45-38(50)33(23-27-13-12-21-44-25-27)46-37(49)29-16-9-6-10-17-29/h5-19,21,23-25,36H,20,22,26H2,1-4H3,(H,45,50)(H,46,49)(H,47,51)/b33-23-. The summed E-state index contributed by atoms with van der Waals surface area (Å²) in [5.41, 5.74) is 2.46. The van der Waals surface area contributed by atoms with Crippen LogP contribution >= 0.6 is 23.1 Å². The van der Waals surface area contributed by atoms with E-state index in [-0.39, 0.29) is 17.8 Å². The van der Waals surface area contributed by atoms with E-state index in [0.717, 1.165) is 10.4 Å². The number of hydrogen-bond acceptors (Lipinski definition) is 10. The number of fused-ring (bicyclic) bond motifs is 1. The SMILES string of the molecule is COC(=O)c1c(NC(=O)C(Sc2cccc(NC(=O)/C(=C/c3cccnc3)NC(=O)c3ccccc3)c2)c2ccccc2)sc2c1CCN(C(=O)OC(C)(C)C)C2. The van der Waals surface area contributed by atoms with Crippen LogP contribution in [0.5, 0.6) is 0 Å². The van der Waals surface area contributed by atoms with Crippen LogP contribution in [0.15, 0.2) is 120 Å². The molecule has 0 bridgehead atoms. The summed E-state index contributed by atoms with van der Waals surface area (Å²) in [6.07, 6.45) is 4.65. The Hall–Kier alpha value is -6.25. The number of amides is 4. The molecule has 0 spiro atoms. The van der Waals surface area contributed by atoms with Gasteiger partial charge in [-0.3, -0.25) is 19.4 Å². The Morgan fingerprint density at radius 3 is 2.33 bits per heavy atom. The highest BCUT2D eigenvalue weighted by Gasteiger charge is 2.34. The third-order valence-corrected chi connectivity index (χ3v) is 10.9. The van der Waals surface area contributed by atoms with Gasteiger partial charge in [-0.2, -0.15) is 0 Å². The second-order valence-electron chi connectivity index (χ2n) is 13.9. The van der Waals surface area contributed by atoms with Crippen LogP contribution in [-0.2, 0) is 32.0 Å². The largest absolute Gasteiger partial charge is 0.465 e. The van der Waals surface area contributed by atoms with Gasteiger partial charge in [0.15, 0.2) is 0 Å². The zero-order chi connectivity index (χ0) is 40.5. The Bertz CT molecular complexity index is 2290. The van der Waals surface area contributed by atoms with Gasteiger partial charge in [-0.1, -0.05) is 60.7 Å². The van der Waals surface area contributed by atoms with Crippen molar-refractivity contribution in [3.63, 3.8) is 0 Å². The minimum absolute atomic E-state index is 0.00530. The number of ether oxygens (including phenoxy) is 2. The molecule has 0 fully saturated rings. The van der Waals surface area contributed by atoms with Crippen LogP contribution in [0.2, 0.25) is 0 Å². The molecule has 0 radical (unpaired) electrons. The maximum atomic E-state index is 14.3. The topological polar surface area (TPSA) is 156 Å². The third-order valence-electron chi connectivity index (χ3n) is 8.55. The molecule has 0 saturated carbocycles. The quantitative estimate of drug-likeness (QED) is 0.0682. The lowest BCUT2D eigenvalue weighted by Crippen LogP contribution is -2.39. The fourth-order valence-corrected chi connectivity index (χ4v) is 8.26. The Labute approximate surface area is 338 Å². The Balaban J connectivity index is 1.23. The van der Waals surface area contributed by atoms with E-state index in [4.69, 9.17) is 9.47 Å². The number of aromatic nitrogens is 1. The number of thiophene rings is 1. The number of pyridine rings is 1. The van der Waals surface area contributed by atoms with E-state index in [0.29, 0.717) is 45.2 Å². The summed E-state index contributed by atoms with van der Waals surface area (Å²) in [5.74, 6) is -1.99. The highest BCUT2D eigenvalue weighted by Crippen LogP contribution is 2.41. The molecular formula is C43H41N5O7S2. The molecule has 3 aromatic carbocycles. The zero-order valence-electron chi connectivity index (χ0n) is 31.7. The minimum Gasteiger partial charge on any atom is -0.465 e. The van der Waals surface area contributed by atoms with Crippen molar-refractivity contribution < 1.29 is 33.4 Å². The van der Waals surface area contributed by atoms with Gasteiger partial charge >= 0.3 is 12.1 Å². The second-order valence-corrected chi connectivity index (χ2v) is 16.2. The van der Waals surface area contributed by atoms with Crippen molar-refractivity contribution in [1.29, 1.82) is 0 Å².